The highest BCUT2D eigenvalue weighted by molar-refractivity contribution is 9.10. The molecule has 5 rings (SSSR count). The number of pyridine rings is 2. The Balaban J connectivity index is 1.50. The van der Waals surface area contributed by atoms with Crippen LogP contribution >= 0.6 is 15.9 Å². The number of benzene rings is 2. The first-order valence-corrected chi connectivity index (χ1v) is 11.3. The van der Waals surface area contributed by atoms with E-state index in [2.05, 4.69) is 25.9 Å². The molecule has 1 atom stereocenters. The van der Waals surface area contributed by atoms with Crippen LogP contribution in [0.2, 0.25) is 0 Å². The topological polar surface area (TPSA) is 67.5 Å². The molecular formula is C26H18BrF2N3O2. The van der Waals surface area contributed by atoms with E-state index in [9.17, 15) is 18.7 Å². The van der Waals surface area contributed by atoms with Crippen LogP contribution in [0.1, 0.15) is 28.4 Å². The molecule has 0 unspecified atom stereocenters. The van der Waals surface area contributed by atoms with E-state index in [1.165, 1.54) is 28.8 Å². The lowest BCUT2D eigenvalue weighted by atomic mass is 9.97. The van der Waals surface area contributed by atoms with Crippen LogP contribution in [0.4, 0.5) is 8.78 Å². The van der Waals surface area contributed by atoms with Crippen molar-refractivity contribution in [3.63, 3.8) is 0 Å². The van der Waals surface area contributed by atoms with Crippen molar-refractivity contribution in [1.29, 1.82) is 0 Å². The monoisotopic (exact) mass is 521 g/mol. The molecule has 0 aliphatic carbocycles. The summed E-state index contributed by atoms with van der Waals surface area (Å²) in [6.45, 7) is 0.144. The maximum atomic E-state index is 13.9. The molecule has 0 saturated heterocycles. The lowest BCUT2D eigenvalue weighted by molar-refractivity contribution is 0.246. The Kier molecular flexibility index (Phi) is 5.93. The summed E-state index contributed by atoms with van der Waals surface area (Å²) >= 11 is 3.25. The number of fused-ring (bicyclic) bond motifs is 1. The summed E-state index contributed by atoms with van der Waals surface area (Å²) in [5, 5.41) is 9.95. The van der Waals surface area contributed by atoms with Crippen molar-refractivity contribution >= 4 is 21.6 Å². The molecule has 0 fully saturated rings. The number of hydrogen-bond donors (Lipinski definition) is 1. The molecule has 1 N–H and O–H groups in total. The van der Waals surface area contributed by atoms with Gasteiger partial charge in [-0.3, -0.25) is 14.8 Å². The molecule has 1 aliphatic heterocycles. The minimum atomic E-state index is -0.725. The van der Waals surface area contributed by atoms with Crippen LogP contribution in [-0.2, 0) is 6.54 Å². The van der Waals surface area contributed by atoms with Gasteiger partial charge in [0.25, 0.3) is 5.56 Å². The summed E-state index contributed by atoms with van der Waals surface area (Å²) in [7, 11) is 0. The third-order valence-corrected chi connectivity index (χ3v) is 6.26. The maximum Gasteiger partial charge on any atom is 0.251 e. The van der Waals surface area contributed by atoms with Gasteiger partial charge >= 0.3 is 0 Å². The minimum absolute atomic E-state index is 0.327. The Morgan fingerprint density at radius 3 is 2.53 bits per heavy atom. The highest BCUT2D eigenvalue weighted by Gasteiger charge is 2.20. The fourth-order valence-electron chi connectivity index (χ4n) is 4.15. The minimum Gasteiger partial charge on any atom is -0.394 e. The molecule has 3 heterocycles. The van der Waals surface area contributed by atoms with Crippen LogP contribution in [0.15, 0.2) is 87.3 Å². The average Bonchev–Trinajstić information content (AvgIpc) is 3.24. The standard InChI is InChI=1S/C26H18BrF2N3O2/c27-19-7-18(8-21(29)11-19)24(14-33)32-6-5-16(10-25(32)34)15-1-2-17-12-31-26(22(17)9-15)23-4-3-20(28)13-30-23/h1-11,13,24,33H,12,14H2/t24-/m1/s1. The molecule has 1 aliphatic rings. The number of nitrogens with zero attached hydrogens (tertiary/aromatic N) is 3. The summed E-state index contributed by atoms with van der Waals surface area (Å²) in [6.07, 6.45) is 2.76. The van der Waals surface area contributed by atoms with Crippen molar-refractivity contribution in [2.75, 3.05) is 6.61 Å². The molecule has 0 radical (unpaired) electrons. The first-order valence-electron chi connectivity index (χ1n) is 10.5. The number of rotatable bonds is 5. The quantitative estimate of drug-likeness (QED) is 0.406. The number of aliphatic hydroxyl groups is 1. The summed E-state index contributed by atoms with van der Waals surface area (Å²) in [6, 6.07) is 15.6. The van der Waals surface area contributed by atoms with Gasteiger partial charge in [0.15, 0.2) is 0 Å². The van der Waals surface area contributed by atoms with Crippen molar-refractivity contribution in [3.8, 4) is 11.1 Å². The zero-order chi connectivity index (χ0) is 23.8. The van der Waals surface area contributed by atoms with Gasteiger partial charge < -0.3 is 9.67 Å². The van der Waals surface area contributed by atoms with Gasteiger partial charge in [-0.15, -0.1) is 0 Å². The maximum absolute atomic E-state index is 13.9. The molecule has 5 nitrogen and oxygen atoms in total. The van der Waals surface area contributed by atoms with E-state index in [4.69, 9.17) is 0 Å². The largest absolute Gasteiger partial charge is 0.394 e. The second-order valence-electron chi connectivity index (χ2n) is 7.96. The summed E-state index contributed by atoms with van der Waals surface area (Å²) < 4.78 is 29.1. The number of hydrogen-bond acceptors (Lipinski definition) is 4. The van der Waals surface area contributed by atoms with Crippen LogP contribution in [0, 0.1) is 11.6 Å². The Bertz CT molecular complexity index is 1460. The van der Waals surface area contributed by atoms with Crippen molar-refractivity contribution in [2.45, 2.75) is 12.6 Å². The van der Waals surface area contributed by atoms with E-state index in [1.54, 1.807) is 24.4 Å². The van der Waals surface area contributed by atoms with Gasteiger partial charge in [0.1, 0.15) is 11.6 Å². The number of aliphatic imine (C=N–C) groups is 1. The van der Waals surface area contributed by atoms with Crippen LogP contribution < -0.4 is 5.56 Å². The average molecular weight is 522 g/mol. The molecule has 0 amide bonds. The molecule has 2 aromatic heterocycles. The SMILES string of the molecule is O=c1cc(-c2ccc3c(c2)C(c2ccc(F)cn2)=NC3)ccn1[C@H](CO)c1cc(F)cc(Br)c1. The van der Waals surface area contributed by atoms with Crippen LogP contribution in [0.3, 0.4) is 0 Å². The van der Waals surface area contributed by atoms with E-state index in [0.717, 1.165) is 22.9 Å². The molecule has 0 bridgehead atoms. The molecule has 0 saturated carbocycles. The van der Waals surface area contributed by atoms with Gasteiger partial charge in [-0.1, -0.05) is 28.1 Å². The van der Waals surface area contributed by atoms with Gasteiger partial charge in [-0.05, 0) is 64.7 Å². The molecular weight excluding hydrogens is 504 g/mol. The molecule has 170 valence electrons. The predicted octanol–water partition coefficient (Wildman–Crippen LogP) is 4.88. The number of aliphatic hydroxyl groups excluding tert-OH is 1. The van der Waals surface area contributed by atoms with Gasteiger partial charge in [0.2, 0.25) is 0 Å². The zero-order valence-electron chi connectivity index (χ0n) is 17.8. The van der Waals surface area contributed by atoms with E-state index in [-0.39, 0.29) is 12.2 Å². The van der Waals surface area contributed by atoms with Gasteiger partial charge in [0.05, 0.1) is 36.8 Å². The lowest BCUT2D eigenvalue weighted by Crippen LogP contribution is -2.27. The smallest absolute Gasteiger partial charge is 0.251 e. The van der Waals surface area contributed by atoms with Crippen LogP contribution in [-0.4, -0.2) is 27.0 Å². The third-order valence-electron chi connectivity index (χ3n) is 5.80. The Morgan fingerprint density at radius 1 is 1.00 bits per heavy atom. The fraction of sp³-hybridized carbons (Fsp3) is 0.115. The summed E-state index contributed by atoms with van der Waals surface area (Å²) in [4.78, 5) is 21.7. The van der Waals surface area contributed by atoms with Gasteiger partial charge in [-0.2, -0.15) is 0 Å². The summed E-state index contributed by atoms with van der Waals surface area (Å²) in [5.74, 6) is -0.873. The normalized spacial score (nSPS) is 13.5. The zero-order valence-corrected chi connectivity index (χ0v) is 19.3. The van der Waals surface area contributed by atoms with Crippen molar-refractivity contribution < 1.29 is 13.9 Å². The first kappa shape index (κ1) is 22.3. The third kappa shape index (κ3) is 4.22. The highest BCUT2D eigenvalue weighted by atomic mass is 79.9. The van der Waals surface area contributed by atoms with Gasteiger partial charge in [-0.25, -0.2) is 8.78 Å². The molecule has 4 aromatic rings. The Morgan fingerprint density at radius 2 is 1.82 bits per heavy atom. The van der Waals surface area contributed by atoms with E-state index >= 15 is 0 Å². The number of aromatic nitrogens is 2. The molecule has 8 heteroatoms. The van der Waals surface area contributed by atoms with E-state index in [1.807, 2.05) is 18.2 Å². The molecule has 34 heavy (non-hydrogen) atoms. The van der Waals surface area contributed by atoms with Crippen molar-refractivity contribution in [1.82, 2.24) is 9.55 Å². The van der Waals surface area contributed by atoms with E-state index < -0.39 is 17.7 Å². The summed E-state index contributed by atoms with van der Waals surface area (Å²) in [5.41, 5.74) is 4.84. The second kappa shape index (κ2) is 9.04. The predicted molar refractivity (Wildman–Crippen MR) is 129 cm³/mol. The highest BCUT2D eigenvalue weighted by Crippen LogP contribution is 2.29. The number of halogens is 3. The Hall–Kier alpha value is -3.49. The van der Waals surface area contributed by atoms with E-state index in [0.29, 0.717) is 33.5 Å². The lowest BCUT2D eigenvalue weighted by Gasteiger charge is -2.19. The van der Waals surface area contributed by atoms with Crippen LogP contribution in [0.5, 0.6) is 0 Å². The molecule has 0 spiro atoms. The van der Waals surface area contributed by atoms with Crippen molar-refractivity contribution in [3.05, 3.63) is 122 Å². The second-order valence-corrected chi connectivity index (χ2v) is 8.88. The van der Waals surface area contributed by atoms with Gasteiger partial charge in [0, 0.05) is 22.3 Å². The Labute approximate surface area is 202 Å². The fourth-order valence-corrected chi connectivity index (χ4v) is 4.63. The molecule has 2 aromatic carbocycles. The van der Waals surface area contributed by atoms with Crippen molar-refractivity contribution in [2.24, 2.45) is 4.99 Å². The van der Waals surface area contributed by atoms with Crippen LogP contribution in [0.25, 0.3) is 11.1 Å². The first-order chi connectivity index (χ1) is 16.4.